The minimum Gasteiger partial charge on any atom is -0.368 e. The number of hydrogen-bond acceptors (Lipinski definition) is 4. The zero-order chi connectivity index (χ0) is 23.9. The van der Waals surface area contributed by atoms with E-state index in [1.165, 1.54) is 5.56 Å². The third kappa shape index (κ3) is 3.77. The highest BCUT2D eigenvalue weighted by atomic mass is 16.2. The molecule has 3 aromatic rings. The quantitative estimate of drug-likeness (QED) is 0.612. The van der Waals surface area contributed by atoms with Crippen molar-refractivity contribution in [1.82, 2.24) is 15.1 Å². The van der Waals surface area contributed by atoms with E-state index < -0.39 is 17.5 Å². The third-order valence-electron chi connectivity index (χ3n) is 6.90. The van der Waals surface area contributed by atoms with Crippen LogP contribution in [0.15, 0.2) is 66.7 Å². The van der Waals surface area contributed by atoms with Gasteiger partial charge in [-0.2, -0.15) is 0 Å². The number of fused-ring (bicyclic) bond motifs is 1. The molecule has 7 nitrogen and oxygen atoms in total. The number of rotatable bonds is 4. The van der Waals surface area contributed by atoms with Crippen LogP contribution >= 0.6 is 0 Å². The summed E-state index contributed by atoms with van der Waals surface area (Å²) in [6, 6.07) is 21.2. The highest BCUT2D eigenvalue weighted by molar-refractivity contribution is 6.10. The Morgan fingerprint density at radius 3 is 2.41 bits per heavy atom. The van der Waals surface area contributed by atoms with E-state index in [1.807, 2.05) is 48.5 Å². The molecule has 1 unspecified atom stereocenters. The molecule has 1 atom stereocenters. The molecule has 0 spiro atoms. The van der Waals surface area contributed by atoms with Gasteiger partial charge in [0.15, 0.2) is 0 Å². The lowest BCUT2D eigenvalue weighted by atomic mass is 9.88. The molecule has 7 heteroatoms. The predicted octanol–water partition coefficient (Wildman–Crippen LogP) is 3.26. The number of imide groups is 1. The Morgan fingerprint density at radius 1 is 0.941 bits per heavy atom. The summed E-state index contributed by atoms with van der Waals surface area (Å²) in [6.45, 7) is 6.04. The second-order valence-corrected chi connectivity index (χ2v) is 9.18. The number of piperazine rings is 1. The van der Waals surface area contributed by atoms with E-state index in [1.54, 1.807) is 11.8 Å². The van der Waals surface area contributed by atoms with Gasteiger partial charge in [-0.25, -0.2) is 4.79 Å². The fraction of sp³-hybridized carbons (Fsp3) is 0.296. The molecule has 0 radical (unpaired) electrons. The van der Waals surface area contributed by atoms with E-state index >= 15 is 0 Å². The molecule has 0 aliphatic carbocycles. The molecule has 0 bridgehead atoms. The van der Waals surface area contributed by atoms with Crippen LogP contribution < -0.4 is 10.2 Å². The highest BCUT2D eigenvalue weighted by Crippen LogP contribution is 2.33. The Hall–Kier alpha value is -3.87. The van der Waals surface area contributed by atoms with Gasteiger partial charge in [0.2, 0.25) is 5.91 Å². The van der Waals surface area contributed by atoms with Gasteiger partial charge in [-0.3, -0.25) is 14.5 Å². The summed E-state index contributed by atoms with van der Waals surface area (Å²) < 4.78 is 0. The SMILES string of the molecule is Cc1cccc(N2CCN(C(=O)CN3C(=O)NC(C)(c4cccc5ccccc45)C3=O)CC2)c1. The molecule has 0 aromatic heterocycles. The molecule has 3 aromatic carbocycles. The maximum Gasteiger partial charge on any atom is 0.325 e. The fourth-order valence-electron chi connectivity index (χ4n) is 4.96. The van der Waals surface area contributed by atoms with E-state index in [4.69, 9.17) is 0 Å². The van der Waals surface area contributed by atoms with Crippen LogP contribution in [0.2, 0.25) is 0 Å². The number of nitrogens with zero attached hydrogens (tertiary/aromatic N) is 3. The Balaban J connectivity index is 1.28. The maximum atomic E-state index is 13.4. The predicted molar refractivity (Wildman–Crippen MR) is 132 cm³/mol. The smallest absolute Gasteiger partial charge is 0.325 e. The lowest BCUT2D eigenvalue weighted by molar-refractivity contribution is -0.139. The van der Waals surface area contributed by atoms with Crippen molar-refractivity contribution in [3.05, 3.63) is 77.9 Å². The van der Waals surface area contributed by atoms with Crippen LogP contribution in [0, 0.1) is 6.92 Å². The first kappa shape index (κ1) is 21.9. The van der Waals surface area contributed by atoms with Gasteiger partial charge in [-0.05, 0) is 47.9 Å². The van der Waals surface area contributed by atoms with Gasteiger partial charge in [0.05, 0.1) is 0 Å². The van der Waals surface area contributed by atoms with Gasteiger partial charge >= 0.3 is 6.03 Å². The summed E-state index contributed by atoms with van der Waals surface area (Å²) in [6.07, 6.45) is 0. The molecule has 2 saturated heterocycles. The van der Waals surface area contributed by atoms with Crippen LogP contribution in [0.25, 0.3) is 10.8 Å². The molecule has 1 N–H and O–H groups in total. The zero-order valence-electron chi connectivity index (χ0n) is 19.5. The van der Waals surface area contributed by atoms with Gasteiger partial charge < -0.3 is 15.1 Å². The van der Waals surface area contributed by atoms with Crippen molar-refractivity contribution in [3.8, 4) is 0 Å². The summed E-state index contributed by atoms with van der Waals surface area (Å²) in [5.74, 6) is -0.616. The molecule has 5 rings (SSSR count). The number of aryl methyl sites for hydroxylation is 1. The minimum atomic E-state index is -1.22. The molecule has 2 fully saturated rings. The molecule has 174 valence electrons. The van der Waals surface area contributed by atoms with Gasteiger partial charge in [-0.15, -0.1) is 0 Å². The summed E-state index contributed by atoms with van der Waals surface area (Å²) in [7, 11) is 0. The van der Waals surface area contributed by atoms with Crippen molar-refractivity contribution in [3.63, 3.8) is 0 Å². The van der Waals surface area contributed by atoms with Crippen molar-refractivity contribution >= 4 is 34.3 Å². The van der Waals surface area contributed by atoms with Crippen LogP contribution in [0.3, 0.4) is 0 Å². The third-order valence-corrected chi connectivity index (χ3v) is 6.90. The summed E-state index contributed by atoms with van der Waals surface area (Å²) in [5.41, 5.74) is 1.85. The molecule has 0 saturated carbocycles. The number of carbonyl (C=O) groups is 3. The van der Waals surface area contributed by atoms with Gasteiger partial charge in [-0.1, -0.05) is 54.6 Å². The van der Waals surface area contributed by atoms with Crippen LogP contribution in [-0.2, 0) is 15.1 Å². The summed E-state index contributed by atoms with van der Waals surface area (Å²) in [4.78, 5) is 44.3. The Labute approximate surface area is 198 Å². The molecule has 4 amide bonds. The van der Waals surface area contributed by atoms with Crippen LogP contribution in [0.4, 0.5) is 10.5 Å². The number of amides is 4. The average molecular weight is 457 g/mol. The number of urea groups is 1. The van der Waals surface area contributed by atoms with E-state index in [2.05, 4.69) is 35.3 Å². The molecular weight excluding hydrogens is 428 g/mol. The van der Waals surface area contributed by atoms with Crippen molar-refractivity contribution < 1.29 is 14.4 Å². The Bertz CT molecular complexity index is 1280. The first-order valence-electron chi connectivity index (χ1n) is 11.6. The topological polar surface area (TPSA) is 73.0 Å². The Kier molecular flexibility index (Phi) is 5.48. The fourth-order valence-corrected chi connectivity index (χ4v) is 4.96. The molecule has 2 aliphatic rings. The number of hydrogen-bond donors (Lipinski definition) is 1. The summed E-state index contributed by atoms with van der Waals surface area (Å²) in [5, 5.41) is 4.73. The molecular formula is C27H28N4O3. The first-order valence-corrected chi connectivity index (χ1v) is 11.6. The van der Waals surface area contributed by atoms with Crippen LogP contribution in [0.5, 0.6) is 0 Å². The zero-order valence-corrected chi connectivity index (χ0v) is 19.5. The lowest BCUT2D eigenvalue weighted by Gasteiger charge is -2.36. The molecule has 34 heavy (non-hydrogen) atoms. The first-order chi connectivity index (χ1) is 16.4. The van der Waals surface area contributed by atoms with Crippen molar-refractivity contribution in [2.75, 3.05) is 37.6 Å². The summed E-state index contributed by atoms with van der Waals surface area (Å²) >= 11 is 0. The number of carbonyl (C=O) groups excluding carboxylic acids is 3. The maximum absolute atomic E-state index is 13.4. The molecule has 2 aliphatic heterocycles. The van der Waals surface area contributed by atoms with E-state index in [0.29, 0.717) is 26.2 Å². The van der Waals surface area contributed by atoms with Gasteiger partial charge in [0.25, 0.3) is 5.91 Å². The second-order valence-electron chi connectivity index (χ2n) is 9.18. The molecule has 2 heterocycles. The highest BCUT2D eigenvalue weighted by Gasteiger charge is 2.50. The van der Waals surface area contributed by atoms with E-state index in [0.717, 1.165) is 26.9 Å². The standard InChI is InChI=1S/C27H28N4O3/c1-19-7-5-10-21(17-19)29-13-15-30(16-14-29)24(32)18-31-25(33)27(2,28-26(31)34)23-12-6-9-20-8-3-4-11-22(20)23/h3-12,17H,13-16,18H2,1-2H3,(H,28,34). The van der Waals surface area contributed by atoms with Gasteiger partial charge in [0, 0.05) is 31.9 Å². The second kappa shape index (κ2) is 8.48. The van der Waals surface area contributed by atoms with E-state index in [-0.39, 0.29) is 12.5 Å². The van der Waals surface area contributed by atoms with Crippen LogP contribution in [-0.4, -0.2) is 60.4 Å². The van der Waals surface area contributed by atoms with Crippen molar-refractivity contribution in [2.45, 2.75) is 19.4 Å². The van der Waals surface area contributed by atoms with Crippen LogP contribution in [0.1, 0.15) is 18.1 Å². The van der Waals surface area contributed by atoms with Crippen molar-refractivity contribution in [1.29, 1.82) is 0 Å². The minimum absolute atomic E-state index is 0.213. The monoisotopic (exact) mass is 456 g/mol. The largest absolute Gasteiger partial charge is 0.368 e. The number of anilines is 1. The van der Waals surface area contributed by atoms with Gasteiger partial charge in [0.1, 0.15) is 12.1 Å². The number of benzene rings is 3. The number of nitrogens with one attached hydrogen (secondary N) is 1. The lowest BCUT2D eigenvalue weighted by Crippen LogP contribution is -2.52. The van der Waals surface area contributed by atoms with E-state index in [9.17, 15) is 14.4 Å². The normalized spacial score (nSPS) is 20.7. The van der Waals surface area contributed by atoms with Crippen molar-refractivity contribution in [2.24, 2.45) is 0 Å². The average Bonchev–Trinajstić information content (AvgIpc) is 3.07. The Morgan fingerprint density at radius 2 is 1.65 bits per heavy atom.